The molecule has 214 valence electrons. The molecule has 1 unspecified atom stereocenters. The van der Waals surface area contributed by atoms with Crippen LogP contribution in [0.25, 0.3) is 5.57 Å². The van der Waals surface area contributed by atoms with Crippen LogP contribution in [-0.2, 0) is 14.7 Å². The summed E-state index contributed by atoms with van der Waals surface area (Å²) in [4.78, 5) is 17.3. The molecule has 6 rings (SSSR count). The molecule has 1 fully saturated rings. The van der Waals surface area contributed by atoms with Crippen LogP contribution in [0.5, 0.6) is 0 Å². The third-order valence-electron chi connectivity index (χ3n) is 7.06. The zero-order chi connectivity index (χ0) is 29.6. The van der Waals surface area contributed by atoms with E-state index in [1.807, 2.05) is 0 Å². The normalized spacial score (nSPS) is 16.7. The summed E-state index contributed by atoms with van der Waals surface area (Å²) in [6, 6.07) is 34.9. The Morgan fingerprint density at radius 1 is 0.881 bits per heavy atom. The Labute approximate surface area is 246 Å². The van der Waals surface area contributed by atoms with Crippen LogP contribution in [0.15, 0.2) is 133 Å². The predicted octanol–water partition coefficient (Wildman–Crippen LogP) is 4.49. The highest BCUT2D eigenvalue weighted by Gasteiger charge is 2.44. The maximum Gasteiger partial charge on any atom is 0.346 e. The first-order valence-corrected chi connectivity index (χ1v) is 16.6. The van der Waals surface area contributed by atoms with Crippen molar-refractivity contribution < 1.29 is 22.0 Å². The molecule has 2 aliphatic heterocycles. The number of benzene rings is 3. The largest absolute Gasteiger partial charge is 0.724 e. The lowest BCUT2D eigenvalue weighted by molar-refractivity contribution is -0.0171. The van der Waals surface area contributed by atoms with Gasteiger partial charge in [0, 0.05) is 18.9 Å². The van der Waals surface area contributed by atoms with Crippen LogP contribution in [0, 0.1) is 0 Å². The Morgan fingerprint density at radius 3 is 1.88 bits per heavy atom. The topological polar surface area (TPSA) is 103 Å². The zero-order valence-corrected chi connectivity index (χ0v) is 24.6. The SMILES string of the molecule is CC=C[P+](c1ccccc1)(c1ccccc1)c1ccccc1.O=C1N2CC=C(c3cccnc3)C(C2)N1OS(=O)(=O)[O-]. The lowest BCUT2D eigenvalue weighted by Crippen LogP contribution is -2.36. The van der Waals surface area contributed by atoms with Crippen molar-refractivity contribution in [2.45, 2.75) is 13.0 Å². The highest BCUT2D eigenvalue weighted by atomic mass is 32.3. The highest BCUT2D eigenvalue weighted by Crippen LogP contribution is 2.56. The van der Waals surface area contributed by atoms with Gasteiger partial charge in [0.05, 0.1) is 12.4 Å². The quantitative estimate of drug-likeness (QED) is 0.176. The molecule has 1 saturated heterocycles. The number of allylic oxidation sites excluding steroid dienone is 1. The van der Waals surface area contributed by atoms with Gasteiger partial charge in [-0.2, -0.15) is 9.35 Å². The van der Waals surface area contributed by atoms with Crippen LogP contribution < -0.4 is 15.9 Å². The fourth-order valence-electron chi connectivity index (χ4n) is 5.30. The first-order chi connectivity index (χ1) is 20.3. The van der Waals surface area contributed by atoms with Crippen molar-refractivity contribution in [2.75, 3.05) is 13.1 Å². The number of rotatable bonds is 7. The van der Waals surface area contributed by atoms with E-state index in [1.54, 1.807) is 30.6 Å². The Bertz CT molecular complexity index is 1570. The van der Waals surface area contributed by atoms with Gasteiger partial charge in [0.1, 0.15) is 29.2 Å². The minimum Gasteiger partial charge on any atom is -0.724 e. The van der Waals surface area contributed by atoms with Crippen molar-refractivity contribution in [1.82, 2.24) is 14.9 Å². The monoisotopic (exact) mass is 599 g/mol. The van der Waals surface area contributed by atoms with E-state index in [2.05, 4.69) is 119 Å². The van der Waals surface area contributed by atoms with E-state index in [-0.39, 0.29) is 6.54 Å². The second kappa shape index (κ2) is 12.8. The number of nitrogens with zero attached hydrogens (tertiary/aromatic N) is 3. The minimum absolute atomic E-state index is 0.273. The first-order valence-electron chi connectivity index (χ1n) is 13.4. The molecular weight excluding hydrogens is 569 g/mol. The van der Waals surface area contributed by atoms with E-state index < -0.39 is 29.7 Å². The number of hydrogen-bond donors (Lipinski definition) is 0. The summed E-state index contributed by atoms with van der Waals surface area (Å²) in [6.45, 7) is 2.72. The molecule has 2 bridgehead atoms. The van der Waals surface area contributed by atoms with Gasteiger partial charge in [-0.1, -0.05) is 72.8 Å². The van der Waals surface area contributed by atoms with Crippen LogP contribution in [0.3, 0.4) is 0 Å². The Morgan fingerprint density at radius 2 is 1.43 bits per heavy atom. The van der Waals surface area contributed by atoms with Crippen molar-refractivity contribution in [2.24, 2.45) is 0 Å². The Balaban J connectivity index is 0.000000169. The average Bonchev–Trinajstić information content (AvgIpc) is 3.25. The molecule has 0 spiro atoms. The van der Waals surface area contributed by atoms with E-state index in [9.17, 15) is 17.8 Å². The van der Waals surface area contributed by atoms with Gasteiger partial charge in [-0.05, 0) is 60.5 Å². The fourth-order valence-corrected chi connectivity index (χ4v) is 9.45. The molecule has 1 aromatic heterocycles. The summed E-state index contributed by atoms with van der Waals surface area (Å²) in [5.41, 5.74) is 1.47. The second-order valence-corrected chi connectivity index (χ2v) is 13.9. The number of carbonyl (C=O) groups is 1. The van der Waals surface area contributed by atoms with Gasteiger partial charge in [0.25, 0.3) is 0 Å². The van der Waals surface area contributed by atoms with Crippen molar-refractivity contribution >= 4 is 45.2 Å². The Hall–Kier alpha value is -4.14. The third-order valence-corrected chi connectivity index (χ3v) is 11.5. The van der Waals surface area contributed by atoms with E-state index >= 15 is 0 Å². The number of carbonyl (C=O) groups excluding carboxylic acids is 1. The van der Waals surface area contributed by atoms with E-state index in [1.165, 1.54) is 20.8 Å². The molecule has 0 radical (unpaired) electrons. The van der Waals surface area contributed by atoms with Crippen molar-refractivity contribution in [3.63, 3.8) is 0 Å². The molecule has 0 saturated carbocycles. The molecular formula is C32H30N3O5PS. The second-order valence-electron chi connectivity index (χ2n) is 9.62. The molecule has 0 N–H and O–H groups in total. The molecule has 10 heteroatoms. The number of pyridine rings is 1. The van der Waals surface area contributed by atoms with Crippen LogP contribution in [0.1, 0.15) is 12.5 Å². The molecule has 8 nitrogen and oxygen atoms in total. The van der Waals surface area contributed by atoms with E-state index in [0.717, 1.165) is 5.56 Å². The number of aromatic nitrogens is 1. The van der Waals surface area contributed by atoms with Gasteiger partial charge in [-0.15, -0.1) is 0 Å². The minimum atomic E-state index is -5.00. The van der Waals surface area contributed by atoms with E-state index in [4.69, 9.17) is 0 Å². The zero-order valence-electron chi connectivity index (χ0n) is 22.9. The molecule has 3 heterocycles. The highest BCUT2D eigenvalue weighted by molar-refractivity contribution is 7.98. The average molecular weight is 600 g/mol. The van der Waals surface area contributed by atoms with Crippen LogP contribution in [0.4, 0.5) is 4.79 Å². The van der Waals surface area contributed by atoms with Crippen molar-refractivity contribution in [3.8, 4) is 0 Å². The third kappa shape index (κ3) is 6.20. The molecule has 3 aromatic carbocycles. The number of fused-ring (bicyclic) bond motifs is 2. The smallest absolute Gasteiger partial charge is 0.346 e. The summed E-state index contributed by atoms with van der Waals surface area (Å²) in [5, 5.41) is 4.80. The molecule has 4 aromatic rings. The number of hydroxylamine groups is 2. The van der Waals surface area contributed by atoms with Gasteiger partial charge in [-0.3, -0.25) is 4.98 Å². The lowest BCUT2D eigenvalue weighted by atomic mass is 9.98. The fraction of sp³-hybridized carbons (Fsp3) is 0.125. The van der Waals surface area contributed by atoms with E-state index in [0.29, 0.717) is 17.2 Å². The van der Waals surface area contributed by atoms with Crippen LogP contribution >= 0.6 is 7.26 Å². The van der Waals surface area contributed by atoms with Crippen LogP contribution in [0.2, 0.25) is 0 Å². The molecule has 42 heavy (non-hydrogen) atoms. The van der Waals surface area contributed by atoms with Crippen molar-refractivity contribution in [3.05, 3.63) is 139 Å². The molecule has 1 atom stereocenters. The maximum atomic E-state index is 11.9. The van der Waals surface area contributed by atoms with Gasteiger partial charge < -0.3 is 9.45 Å². The predicted molar refractivity (Wildman–Crippen MR) is 166 cm³/mol. The number of amides is 2. The first kappa shape index (κ1) is 29.4. The van der Waals surface area contributed by atoms with Gasteiger partial charge in [0.15, 0.2) is 0 Å². The summed E-state index contributed by atoms with van der Waals surface area (Å²) in [7, 11) is -6.73. The van der Waals surface area contributed by atoms with Gasteiger partial charge in [0.2, 0.25) is 10.4 Å². The summed E-state index contributed by atoms with van der Waals surface area (Å²) < 4.78 is 36.5. The summed E-state index contributed by atoms with van der Waals surface area (Å²) in [5.74, 6) is 2.41. The number of urea groups is 1. The summed E-state index contributed by atoms with van der Waals surface area (Å²) >= 11 is 0. The summed E-state index contributed by atoms with van der Waals surface area (Å²) in [6.07, 6.45) is 7.20. The van der Waals surface area contributed by atoms with Crippen molar-refractivity contribution in [1.29, 1.82) is 0 Å². The molecule has 2 aliphatic rings. The molecule has 2 amide bonds. The maximum absolute atomic E-state index is 11.9. The number of hydrogen-bond acceptors (Lipinski definition) is 6. The lowest BCUT2D eigenvalue weighted by Gasteiger charge is -2.25. The van der Waals surface area contributed by atoms with Gasteiger partial charge >= 0.3 is 6.03 Å². The van der Waals surface area contributed by atoms with Gasteiger partial charge in [-0.25, -0.2) is 13.2 Å². The molecule has 0 aliphatic carbocycles. The van der Waals surface area contributed by atoms with Crippen LogP contribution in [-0.4, -0.2) is 53.1 Å². The Kier molecular flexibility index (Phi) is 8.94. The standard InChI is InChI=1S/C21H20P.C11H11N3O5S/c1-2-18-22(19-12-6-3-7-13-19,20-14-8-4-9-15-20)21-16-10-5-11-17-21;15-11-13-5-3-9(8-2-1-4-12-6-8)10(7-13)14(11)19-20(16,17)18/h2-18H,1H3;1-4,6,10H,5,7H2,(H,16,17,18)/q+1;/p-1.